The summed E-state index contributed by atoms with van der Waals surface area (Å²) in [5.74, 6) is 0.954. The molecule has 2 unspecified atom stereocenters. The number of ether oxygens (including phenoxy) is 1. The van der Waals surface area contributed by atoms with Crippen LogP contribution in [0, 0.1) is 5.92 Å². The molecule has 0 radical (unpaired) electrons. The fourth-order valence-corrected chi connectivity index (χ4v) is 2.63. The van der Waals surface area contributed by atoms with Crippen LogP contribution < -0.4 is 5.32 Å². The quantitative estimate of drug-likeness (QED) is 0.753. The summed E-state index contributed by atoms with van der Waals surface area (Å²) in [4.78, 5) is 13.7. The first-order chi connectivity index (χ1) is 8.26. The molecule has 0 spiro atoms. The van der Waals surface area contributed by atoms with Crippen molar-refractivity contribution in [3.05, 3.63) is 0 Å². The molecule has 1 aliphatic carbocycles. The van der Waals surface area contributed by atoms with Gasteiger partial charge in [-0.25, -0.2) is 0 Å². The molecule has 4 heteroatoms. The van der Waals surface area contributed by atoms with Crippen LogP contribution in [-0.2, 0) is 9.53 Å². The molecule has 0 bridgehead atoms. The summed E-state index contributed by atoms with van der Waals surface area (Å²) in [5.41, 5.74) is 0. The Kier molecular flexibility index (Phi) is 4.40. The van der Waals surface area contributed by atoms with Gasteiger partial charge in [-0.15, -0.1) is 0 Å². The maximum atomic E-state index is 11.9. The van der Waals surface area contributed by atoms with E-state index in [2.05, 4.69) is 5.32 Å². The van der Waals surface area contributed by atoms with Crippen molar-refractivity contribution < 1.29 is 9.53 Å². The highest BCUT2D eigenvalue weighted by molar-refractivity contribution is 5.78. The number of rotatable bonds is 6. The summed E-state index contributed by atoms with van der Waals surface area (Å²) in [5, 5.41) is 3.39. The van der Waals surface area contributed by atoms with E-state index in [1.807, 2.05) is 18.7 Å². The van der Waals surface area contributed by atoms with Crippen molar-refractivity contribution in [1.29, 1.82) is 0 Å². The zero-order valence-corrected chi connectivity index (χ0v) is 10.9. The summed E-state index contributed by atoms with van der Waals surface area (Å²) >= 11 is 0. The summed E-state index contributed by atoms with van der Waals surface area (Å²) in [6.07, 6.45) is 4.01. The second kappa shape index (κ2) is 5.83. The Balaban J connectivity index is 1.75. The van der Waals surface area contributed by atoms with Gasteiger partial charge in [0.2, 0.25) is 5.91 Å². The standard InChI is InChI=1S/C13H24N2O2/c1-3-15(4-2)12(16)9-14-11-7-8-17-13(11)10-5-6-10/h10-11,13-14H,3-9H2,1-2H3. The number of carbonyl (C=O) groups excluding carboxylic acids is 1. The third-order valence-corrected chi connectivity index (χ3v) is 3.85. The molecule has 1 saturated carbocycles. The van der Waals surface area contributed by atoms with Gasteiger partial charge in [-0.2, -0.15) is 0 Å². The predicted octanol–water partition coefficient (Wildman–Crippen LogP) is 1.01. The summed E-state index contributed by atoms with van der Waals surface area (Å²) < 4.78 is 5.75. The fraction of sp³-hybridized carbons (Fsp3) is 0.923. The largest absolute Gasteiger partial charge is 0.376 e. The zero-order chi connectivity index (χ0) is 12.3. The second-order valence-electron chi connectivity index (χ2n) is 5.01. The molecule has 1 amide bonds. The molecule has 2 fully saturated rings. The van der Waals surface area contributed by atoms with Crippen LogP contribution in [0.25, 0.3) is 0 Å². The van der Waals surface area contributed by atoms with Crippen LogP contribution in [0.1, 0.15) is 33.1 Å². The number of nitrogens with one attached hydrogen (secondary N) is 1. The average molecular weight is 240 g/mol. The van der Waals surface area contributed by atoms with Crippen molar-refractivity contribution in [3.63, 3.8) is 0 Å². The van der Waals surface area contributed by atoms with E-state index < -0.39 is 0 Å². The zero-order valence-electron chi connectivity index (χ0n) is 10.9. The Bertz CT molecular complexity index is 262. The van der Waals surface area contributed by atoms with E-state index in [4.69, 9.17) is 4.74 Å². The van der Waals surface area contributed by atoms with E-state index in [1.54, 1.807) is 0 Å². The van der Waals surface area contributed by atoms with Crippen molar-refractivity contribution in [2.75, 3.05) is 26.2 Å². The van der Waals surface area contributed by atoms with Gasteiger partial charge in [0, 0.05) is 25.7 Å². The van der Waals surface area contributed by atoms with Crippen LogP contribution in [-0.4, -0.2) is 49.2 Å². The van der Waals surface area contributed by atoms with Crippen LogP contribution >= 0.6 is 0 Å². The van der Waals surface area contributed by atoms with Crippen LogP contribution in [0.15, 0.2) is 0 Å². The van der Waals surface area contributed by atoms with Gasteiger partial charge >= 0.3 is 0 Å². The number of amides is 1. The molecule has 98 valence electrons. The first-order valence-corrected chi connectivity index (χ1v) is 6.89. The molecule has 1 saturated heterocycles. The van der Waals surface area contributed by atoms with Gasteiger partial charge in [-0.05, 0) is 39.0 Å². The van der Waals surface area contributed by atoms with E-state index >= 15 is 0 Å². The molecular formula is C13H24N2O2. The number of nitrogens with zero attached hydrogens (tertiary/aromatic N) is 1. The van der Waals surface area contributed by atoms with Crippen molar-refractivity contribution in [3.8, 4) is 0 Å². The Morgan fingerprint density at radius 2 is 2.00 bits per heavy atom. The van der Waals surface area contributed by atoms with Gasteiger partial charge < -0.3 is 15.0 Å². The summed E-state index contributed by atoms with van der Waals surface area (Å²) in [7, 11) is 0. The highest BCUT2D eigenvalue weighted by Crippen LogP contribution is 2.38. The molecule has 1 aliphatic heterocycles. The minimum Gasteiger partial charge on any atom is -0.376 e. The van der Waals surface area contributed by atoms with Gasteiger partial charge in [-0.3, -0.25) is 4.79 Å². The SMILES string of the molecule is CCN(CC)C(=O)CNC1CCOC1C1CC1. The molecule has 4 nitrogen and oxygen atoms in total. The number of hydrogen-bond donors (Lipinski definition) is 1. The van der Waals surface area contributed by atoms with Gasteiger partial charge in [0.1, 0.15) is 0 Å². The van der Waals surface area contributed by atoms with Crippen molar-refractivity contribution >= 4 is 5.91 Å². The third kappa shape index (κ3) is 3.19. The van der Waals surface area contributed by atoms with Crippen LogP contribution in [0.4, 0.5) is 0 Å². The monoisotopic (exact) mass is 240 g/mol. The third-order valence-electron chi connectivity index (χ3n) is 3.85. The molecule has 0 aromatic heterocycles. The van der Waals surface area contributed by atoms with E-state index in [0.29, 0.717) is 18.7 Å². The number of likely N-dealkylation sites (N-methyl/N-ethyl adjacent to an activating group) is 1. The van der Waals surface area contributed by atoms with Crippen molar-refractivity contribution in [1.82, 2.24) is 10.2 Å². The van der Waals surface area contributed by atoms with Crippen molar-refractivity contribution in [2.45, 2.75) is 45.3 Å². The Morgan fingerprint density at radius 1 is 1.29 bits per heavy atom. The lowest BCUT2D eigenvalue weighted by Gasteiger charge is -2.23. The van der Waals surface area contributed by atoms with Gasteiger partial charge in [-0.1, -0.05) is 0 Å². The van der Waals surface area contributed by atoms with Gasteiger partial charge in [0.25, 0.3) is 0 Å². The fourth-order valence-electron chi connectivity index (χ4n) is 2.63. The topological polar surface area (TPSA) is 41.6 Å². The van der Waals surface area contributed by atoms with E-state index in [0.717, 1.165) is 32.0 Å². The summed E-state index contributed by atoms with van der Waals surface area (Å²) in [6.45, 7) is 6.94. The number of hydrogen-bond acceptors (Lipinski definition) is 3. The molecule has 17 heavy (non-hydrogen) atoms. The molecule has 2 aliphatic rings. The lowest BCUT2D eigenvalue weighted by atomic mass is 10.1. The van der Waals surface area contributed by atoms with Gasteiger partial charge in [0.15, 0.2) is 0 Å². The highest BCUT2D eigenvalue weighted by atomic mass is 16.5. The number of carbonyl (C=O) groups is 1. The van der Waals surface area contributed by atoms with E-state index in [9.17, 15) is 4.79 Å². The second-order valence-corrected chi connectivity index (χ2v) is 5.01. The first kappa shape index (κ1) is 12.8. The molecule has 0 aromatic carbocycles. The summed E-state index contributed by atoms with van der Waals surface area (Å²) in [6, 6.07) is 0.391. The minimum atomic E-state index is 0.205. The molecule has 0 aromatic rings. The van der Waals surface area contributed by atoms with Crippen LogP contribution in [0.3, 0.4) is 0 Å². The first-order valence-electron chi connectivity index (χ1n) is 6.89. The minimum absolute atomic E-state index is 0.205. The van der Waals surface area contributed by atoms with E-state index in [-0.39, 0.29) is 5.91 Å². The van der Waals surface area contributed by atoms with E-state index in [1.165, 1.54) is 12.8 Å². The Morgan fingerprint density at radius 3 is 2.59 bits per heavy atom. The molecule has 1 heterocycles. The molecular weight excluding hydrogens is 216 g/mol. The smallest absolute Gasteiger partial charge is 0.236 e. The van der Waals surface area contributed by atoms with Crippen LogP contribution in [0.2, 0.25) is 0 Å². The maximum absolute atomic E-state index is 11.9. The predicted molar refractivity (Wildman–Crippen MR) is 66.8 cm³/mol. The van der Waals surface area contributed by atoms with Crippen LogP contribution in [0.5, 0.6) is 0 Å². The Labute approximate surface area is 104 Å². The molecule has 1 N–H and O–H groups in total. The van der Waals surface area contributed by atoms with Gasteiger partial charge in [0.05, 0.1) is 12.6 Å². The average Bonchev–Trinajstić information content (AvgIpc) is 3.07. The lowest BCUT2D eigenvalue weighted by molar-refractivity contribution is -0.130. The molecule has 2 atom stereocenters. The van der Waals surface area contributed by atoms with Crippen molar-refractivity contribution in [2.24, 2.45) is 5.92 Å². The highest BCUT2D eigenvalue weighted by Gasteiger charge is 2.40. The maximum Gasteiger partial charge on any atom is 0.236 e. The molecule has 2 rings (SSSR count). The lowest BCUT2D eigenvalue weighted by Crippen LogP contribution is -2.44. The normalized spacial score (nSPS) is 28.4. The Hall–Kier alpha value is -0.610.